The van der Waals surface area contributed by atoms with E-state index in [1.807, 2.05) is 36.6 Å². The Balaban J connectivity index is 1.47. The molecule has 1 saturated carbocycles. The third-order valence-electron chi connectivity index (χ3n) is 4.17. The largest absolute Gasteiger partial charge is 0.345 e. The van der Waals surface area contributed by atoms with Gasteiger partial charge in [0.15, 0.2) is 5.82 Å². The molecule has 1 amide bonds. The van der Waals surface area contributed by atoms with Crippen LogP contribution in [0.15, 0.2) is 18.2 Å². The lowest BCUT2D eigenvalue weighted by molar-refractivity contribution is 0.0950. The number of carbonyl (C=O) groups excluding carboxylic acids is 1. The van der Waals surface area contributed by atoms with Crippen molar-refractivity contribution in [1.82, 2.24) is 25.1 Å². The Labute approximate surface area is 137 Å². The van der Waals surface area contributed by atoms with E-state index < -0.39 is 0 Å². The molecule has 0 saturated heterocycles. The number of nitrogens with zero attached hydrogens (tertiary/aromatic N) is 4. The lowest BCUT2D eigenvalue weighted by atomic mass is 10.1. The topological polar surface area (TPSA) is 72.2 Å². The zero-order valence-electron chi connectivity index (χ0n) is 13.0. The quantitative estimate of drug-likeness (QED) is 0.799. The van der Waals surface area contributed by atoms with Crippen molar-refractivity contribution in [2.24, 2.45) is 0 Å². The molecule has 0 radical (unpaired) electrons. The van der Waals surface area contributed by atoms with E-state index in [0.717, 1.165) is 34.2 Å². The van der Waals surface area contributed by atoms with Gasteiger partial charge in [0.2, 0.25) is 4.96 Å². The van der Waals surface area contributed by atoms with E-state index in [1.54, 1.807) is 0 Å². The molecular weight excluding hydrogens is 310 g/mol. The van der Waals surface area contributed by atoms with E-state index >= 15 is 0 Å². The first kappa shape index (κ1) is 14.3. The summed E-state index contributed by atoms with van der Waals surface area (Å²) in [6.07, 6.45) is 2.33. The smallest absolute Gasteiger partial charge is 0.251 e. The molecule has 118 valence electrons. The summed E-state index contributed by atoms with van der Waals surface area (Å²) in [5.74, 6) is 1.37. The number of hydrogen-bond donors (Lipinski definition) is 1. The molecule has 1 aliphatic carbocycles. The van der Waals surface area contributed by atoms with Crippen LogP contribution in [0, 0.1) is 13.8 Å². The minimum Gasteiger partial charge on any atom is -0.345 e. The summed E-state index contributed by atoms with van der Waals surface area (Å²) in [5, 5.41) is 16.6. The van der Waals surface area contributed by atoms with Crippen LogP contribution in [0.3, 0.4) is 0 Å². The summed E-state index contributed by atoms with van der Waals surface area (Å²) in [5.41, 5.74) is 2.98. The van der Waals surface area contributed by atoms with Crippen LogP contribution in [0.25, 0.3) is 4.96 Å². The van der Waals surface area contributed by atoms with Crippen molar-refractivity contribution < 1.29 is 4.79 Å². The molecule has 0 bridgehead atoms. The van der Waals surface area contributed by atoms with Gasteiger partial charge < -0.3 is 5.32 Å². The number of fused-ring (bicyclic) bond motifs is 1. The number of amides is 1. The van der Waals surface area contributed by atoms with Crippen molar-refractivity contribution in [1.29, 1.82) is 0 Å². The number of aryl methyl sites for hydroxylation is 2. The molecule has 4 rings (SSSR count). The van der Waals surface area contributed by atoms with Gasteiger partial charge in [0, 0.05) is 11.5 Å². The maximum atomic E-state index is 12.3. The molecule has 1 N–H and O–H groups in total. The highest BCUT2D eigenvalue weighted by atomic mass is 32.1. The third kappa shape index (κ3) is 2.72. The van der Waals surface area contributed by atoms with Gasteiger partial charge in [0.1, 0.15) is 5.01 Å². The van der Waals surface area contributed by atoms with Gasteiger partial charge in [-0.1, -0.05) is 17.4 Å². The van der Waals surface area contributed by atoms with Crippen LogP contribution in [0.4, 0.5) is 0 Å². The first-order valence-corrected chi connectivity index (χ1v) is 8.50. The van der Waals surface area contributed by atoms with Crippen LogP contribution in [0.1, 0.15) is 51.1 Å². The van der Waals surface area contributed by atoms with Gasteiger partial charge in [-0.2, -0.15) is 9.61 Å². The molecular formula is C16H17N5OS. The number of carbonyl (C=O) groups is 1. The molecule has 0 spiro atoms. The molecule has 1 fully saturated rings. The van der Waals surface area contributed by atoms with E-state index in [1.165, 1.54) is 16.9 Å². The predicted molar refractivity (Wildman–Crippen MR) is 87.7 cm³/mol. The van der Waals surface area contributed by atoms with Gasteiger partial charge in [-0.3, -0.25) is 4.79 Å². The second-order valence-electron chi connectivity index (χ2n) is 6.00. The van der Waals surface area contributed by atoms with Gasteiger partial charge in [0.05, 0.1) is 6.54 Å². The van der Waals surface area contributed by atoms with Crippen LogP contribution in [0.5, 0.6) is 0 Å². The Hall–Kier alpha value is -2.28. The van der Waals surface area contributed by atoms with Crippen LogP contribution in [0.2, 0.25) is 0 Å². The second-order valence-corrected chi connectivity index (χ2v) is 7.04. The molecule has 1 aliphatic rings. The molecule has 7 heteroatoms. The summed E-state index contributed by atoms with van der Waals surface area (Å²) in [7, 11) is 0. The Kier molecular flexibility index (Phi) is 3.37. The van der Waals surface area contributed by atoms with Crippen molar-refractivity contribution in [2.75, 3.05) is 0 Å². The normalized spacial score (nSPS) is 14.3. The monoisotopic (exact) mass is 327 g/mol. The van der Waals surface area contributed by atoms with Crippen molar-refractivity contribution >= 4 is 22.2 Å². The van der Waals surface area contributed by atoms with Gasteiger partial charge in [0.25, 0.3) is 5.91 Å². The zero-order valence-corrected chi connectivity index (χ0v) is 13.9. The maximum absolute atomic E-state index is 12.3. The first-order valence-electron chi connectivity index (χ1n) is 7.68. The Morgan fingerprint density at radius 2 is 2.13 bits per heavy atom. The lowest BCUT2D eigenvalue weighted by Gasteiger charge is -2.05. The van der Waals surface area contributed by atoms with E-state index in [0.29, 0.717) is 18.0 Å². The van der Waals surface area contributed by atoms with E-state index in [-0.39, 0.29) is 5.91 Å². The SMILES string of the molecule is Cc1ccc(C(=O)NCc2nn3c(C4CC4)nnc3s2)cc1C. The highest BCUT2D eigenvalue weighted by Gasteiger charge is 2.30. The molecule has 0 aliphatic heterocycles. The number of nitrogens with one attached hydrogen (secondary N) is 1. The van der Waals surface area contributed by atoms with E-state index in [9.17, 15) is 4.79 Å². The molecule has 2 heterocycles. The van der Waals surface area contributed by atoms with E-state index in [4.69, 9.17) is 0 Å². The highest BCUT2D eigenvalue weighted by molar-refractivity contribution is 7.16. The summed E-state index contributed by atoms with van der Waals surface area (Å²) >= 11 is 1.47. The molecule has 0 unspecified atom stereocenters. The van der Waals surface area contributed by atoms with Crippen LogP contribution < -0.4 is 5.32 Å². The fraction of sp³-hybridized carbons (Fsp3) is 0.375. The number of benzene rings is 1. The van der Waals surface area contributed by atoms with Gasteiger partial charge >= 0.3 is 0 Å². The number of hydrogen-bond acceptors (Lipinski definition) is 5. The van der Waals surface area contributed by atoms with Crippen LogP contribution in [-0.2, 0) is 6.54 Å². The molecule has 6 nitrogen and oxygen atoms in total. The average Bonchev–Trinajstić information content (AvgIpc) is 3.17. The van der Waals surface area contributed by atoms with Gasteiger partial charge in [-0.25, -0.2) is 0 Å². The zero-order chi connectivity index (χ0) is 16.0. The lowest BCUT2D eigenvalue weighted by Crippen LogP contribution is -2.23. The standard InChI is InChI=1S/C16H17N5OS/c1-9-3-4-12(7-10(9)2)15(22)17-8-13-20-21-14(11-5-6-11)18-19-16(21)23-13/h3-4,7,11H,5-6,8H2,1-2H3,(H,17,22). The van der Waals surface area contributed by atoms with Gasteiger partial charge in [-0.05, 0) is 49.9 Å². The molecule has 1 aromatic carbocycles. The summed E-state index contributed by atoms with van der Waals surface area (Å²) in [6.45, 7) is 4.45. The fourth-order valence-corrected chi connectivity index (χ4v) is 3.26. The molecule has 3 aromatic rings. The predicted octanol–water partition coefficient (Wildman–Crippen LogP) is 2.61. The fourth-order valence-electron chi connectivity index (χ4n) is 2.48. The number of aromatic nitrogens is 4. The van der Waals surface area contributed by atoms with Gasteiger partial charge in [-0.15, -0.1) is 10.2 Å². The van der Waals surface area contributed by atoms with Crippen molar-refractivity contribution in [3.63, 3.8) is 0 Å². The maximum Gasteiger partial charge on any atom is 0.251 e. The van der Waals surface area contributed by atoms with Crippen molar-refractivity contribution in [3.05, 3.63) is 45.7 Å². The minimum absolute atomic E-state index is 0.0820. The van der Waals surface area contributed by atoms with Crippen LogP contribution in [-0.4, -0.2) is 25.7 Å². The minimum atomic E-state index is -0.0820. The third-order valence-corrected chi connectivity index (χ3v) is 5.07. The second kappa shape index (κ2) is 5.42. The van der Waals surface area contributed by atoms with E-state index in [2.05, 4.69) is 20.6 Å². The van der Waals surface area contributed by atoms with Crippen molar-refractivity contribution in [2.45, 2.75) is 39.2 Å². The molecule has 0 atom stereocenters. The van der Waals surface area contributed by atoms with Crippen LogP contribution >= 0.6 is 11.3 Å². The summed E-state index contributed by atoms with van der Waals surface area (Å²) in [4.78, 5) is 13.0. The highest BCUT2D eigenvalue weighted by Crippen LogP contribution is 2.39. The van der Waals surface area contributed by atoms with Crippen molar-refractivity contribution in [3.8, 4) is 0 Å². The first-order chi connectivity index (χ1) is 11.1. The Morgan fingerprint density at radius 3 is 2.87 bits per heavy atom. The average molecular weight is 327 g/mol. The molecule has 2 aromatic heterocycles. The summed E-state index contributed by atoms with van der Waals surface area (Å²) < 4.78 is 1.82. The Morgan fingerprint density at radius 1 is 1.30 bits per heavy atom. The number of rotatable bonds is 4. The summed E-state index contributed by atoms with van der Waals surface area (Å²) in [6, 6.07) is 5.73. The molecule has 23 heavy (non-hydrogen) atoms. The Bertz CT molecular complexity index is 893.